The molecule has 7 nitrogen and oxygen atoms in total. The van der Waals surface area contributed by atoms with E-state index in [-0.39, 0.29) is 5.92 Å². The Hall–Kier alpha value is -2.10. The van der Waals surface area contributed by atoms with Crippen LogP contribution >= 0.6 is 0 Å². The van der Waals surface area contributed by atoms with Crippen molar-refractivity contribution in [3.63, 3.8) is 0 Å². The molecule has 1 atom stereocenters. The van der Waals surface area contributed by atoms with Crippen molar-refractivity contribution in [1.29, 1.82) is 0 Å². The monoisotopic (exact) mass is 385 g/mol. The molecular weight excluding hydrogens is 359 g/mol. The number of halogens is 3. The summed E-state index contributed by atoms with van der Waals surface area (Å²) in [6.45, 7) is 3.99. The fourth-order valence-electron chi connectivity index (χ4n) is 3.62. The molecule has 2 aliphatic rings. The highest BCUT2D eigenvalue weighted by molar-refractivity contribution is 5.80. The van der Waals surface area contributed by atoms with Crippen LogP contribution in [0.1, 0.15) is 6.42 Å². The van der Waals surface area contributed by atoms with Gasteiger partial charge in [-0.25, -0.2) is 9.97 Å². The van der Waals surface area contributed by atoms with Gasteiger partial charge in [0, 0.05) is 58.7 Å². The zero-order chi connectivity index (χ0) is 19.3. The van der Waals surface area contributed by atoms with Gasteiger partial charge in [-0.2, -0.15) is 13.2 Å². The number of alkyl halides is 3. The summed E-state index contributed by atoms with van der Waals surface area (Å²) in [6, 6.07) is 1.80. The summed E-state index contributed by atoms with van der Waals surface area (Å²) in [4.78, 5) is 18.7. The van der Waals surface area contributed by atoms with Crippen molar-refractivity contribution >= 4 is 11.9 Å². The van der Waals surface area contributed by atoms with Gasteiger partial charge in [-0.15, -0.1) is 0 Å². The highest BCUT2D eigenvalue weighted by atomic mass is 19.4. The van der Waals surface area contributed by atoms with Gasteiger partial charge in [0.2, 0.25) is 5.95 Å². The van der Waals surface area contributed by atoms with Crippen molar-refractivity contribution in [3.8, 4) is 0 Å². The Morgan fingerprint density at radius 3 is 2.52 bits per heavy atom. The third-order valence-electron chi connectivity index (χ3n) is 4.95. The van der Waals surface area contributed by atoms with E-state index in [9.17, 15) is 13.2 Å². The minimum Gasteiger partial charge on any atom is -0.356 e. The van der Waals surface area contributed by atoms with Crippen molar-refractivity contribution in [2.45, 2.75) is 12.6 Å². The van der Waals surface area contributed by atoms with Crippen LogP contribution in [-0.2, 0) is 0 Å². The van der Waals surface area contributed by atoms with Crippen LogP contribution in [0.25, 0.3) is 0 Å². The van der Waals surface area contributed by atoms with Crippen LogP contribution in [0.2, 0.25) is 0 Å². The molecule has 1 aromatic rings. The van der Waals surface area contributed by atoms with Crippen molar-refractivity contribution in [2.75, 3.05) is 64.3 Å². The molecule has 0 amide bonds. The number of anilines is 1. The maximum Gasteiger partial charge on any atom is 0.401 e. The van der Waals surface area contributed by atoms with Gasteiger partial charge >= 0.3 is 6.18 Å². The molecule has 0 aromatic carbocycles. The predicted octanol–water partition coefficient (Wildman–Crippen LogP) is 1.06. The molecule has 3 rings (SSSR count). The minimum absolute atomic E-state index is 0.211. The van der Waals surface area contributed by atoms with E-state index >= 15 is 0 Å². The molecule has 0 spiro atoms. The molecule has 0 saturated carbocycles. The Morgan fingerprint density at radius 2 is 1.89 bits per heavy atom. The molecule has 1 unspecified atom stereocenters. The Bertz CT molecular complexity index is 615. The van der Waals surface area contributed by atoms with E-state index in [0.717, 1.165) is 44.5 Å². The lowest BCUT2D eigenvalue weighted by molar-refractivity contribution is -0.143. The molecule has 2 saturated heterocycles. The molecule has 2 fully saturated rings. The summed E-state index contributed by atoms with van der Waals surface area (Å²) in [7, 11) is 1.74. The van der Waals surface area contributed by atoms with Crippen LogP contribution in [-0.4, -0.2) is 91.3 Å². The minimum atomic E-state index is -4.12. The molecule has 1 N–H and O–H groups in total. The number of guanidine groups is 1. The van der Waals surface area contributed by atoms with E-state index in [1.54, 1.807) is 25.5 Å². The summed E-state index contributed by atoms with van der Waals surface area (Å²) in [6.07, 6.45) is 0.122. The number of nitrogens with zero attached hydrogens (tertiary/aromatic N) is 6. The first kappa shape index (κ1) is 19.7. The van der Waals surface area contributed by atoms with Gasteiger partial charge in [-0.05, 0) is 24.9 Å². The van der Waals surface area contributed by atoms with Crippen LogP contribution < -0.4 is 10.2 Å². The average Bonchev–Trinajstić information content (AvgIpc) is 3.09. The third kappa shape index (κ3) is 5.69. The lowest BCUT2D eigenvalue weighted by atomic mass is 10.1. The molecule has 0 radical (unpaired) electrons. The SMILES string of the molecule is CN=C(NCC1CCN(CC(F)(F)F)C1)N1CCN(c2ncccn2)CC1. The maximum atomic E-state index is 12.5. The summed E-state index contributed by atoms with van der Waals surface area (Å²) in [5.74, 6) is 1.75. The summed E-state index contributed by atoms with van der Waals surface area (Å²) < 4.78 is 37.5. The first-order valence-electron chi connectivity index (χ1n) is 9.21. The molecule has 0 aliphatic carbocycles. The van der Waals surface area contributed by atoms with Gasteiger partial charge in [0.05, 0.1) is 6.54 Å². The fraction of sp³-hybridized carbons (Fsp3) is 0.706. The zero-order valence-corrected chi connectivity index (χ0v) is 15.5. The summed E-state index contributed by atoms with van der Waals surface area (Å²) in [5.41, 5.74) is 0. The first-order chi connectivity index (χ1) is 12.9. The molecule has 10 heteroatoms. The largest absolute Gasteiger partial charge is 0.401 e. The topological polar surface area (TPSA) is 59.9 Å². The van der Waals surface area contributed by atoms with E-state index in [1.165, 1.54) is 4.90 Å². The number of aliphatic imine (C=N–C) groups is 1. The molecule has 1 aromatic heterocycles. The van der Waals surface area contributed by atoms with Gasteiger partial charge < -0.3 is 15.1 Å². The quantitative estimate of drug-likeness (QED) is 0.618. The first-order valence-corrected chi connectivity index (χ1v) is 9.21. The smallest absolute Gasteiger partial charge is 0.356 e. The van der Waals surface area contributed by atoms with Gasteiger partial charge in [-0.3, -0.25) is 9.89 Å². The Kier molecular flexibility index (Phi) is 6.35. The second-order valence-corrected chi connectivity index (χ2v) is 6.96. The maximum absolute atomic E-state index is 12.5. The summed E-state index contributed by atoms with van der Waals surface area (Å²) in [5, 5.41) is 3.34. The third-order valence-corrected chi connectivity index (χ3v) is 4.95. The molecule has 0 bridgehead atoms. The van der Waals surface area contributed by atoms with Crippen LogP contribution in [0.5, 0.6) is 0 Å². The lowest BCUT2D eigenvalue weighted by Gasteiger charge is -2.36. The Labute approximate surface area is 157 Å². The van der Waals surface area contributed by atoms with Gasteiger partial charge in [0.1, 0.15) is 0 Å². The summed E-state index contributed by atoms with van der Waals surface area (Å²) >= 11 is 0. The number of hydrogen-bond acceptors (Lipinski definition) is 5. The number of likely N-dealkylation sites (tertiary alicyclic amines) is 1. The van der Waals surface area contributed by atoms with Gasteiger partial charge in [0.25, 0.3) is 0 Å². The van der Waals surface area contributed by atoms with Crippen LogP contribution in [0.3, 0.4) is 0 Å². The standard InChI is InChI=1S/C17H26F3N7/c1-21-15(24-11-14-3-6-25(12-14)13-17(18,19)20)26-7-9-27(10-8-26)16-22-4-2-5-23-16/h2,4-5,14H,3,6-13H2,1H3,(H,21,24). The molecule has 3 heterocycles. The van der Waals surface area contributed by atoms with E-state index in [2.05, 4.69) is 30.1 Å². The predicted molar refractivity (Wildman–Crippen MR) is 97.8 cm³/mol. The zero-order valence-electron chi connectivity index (χ0n) is 15.5. The second kappa shape index (κ2) is 8.73. The average molecular weight is 385 g/mol. The number of aromatic nitrogens is 2. The Balaban J connectivity index is 1.43. The highest BCUT2D eigenvalue weighted by Crippen LogP contribution is 2.22. The number of piperazine rings is 1. The highest BCUT2D eigenvalue weighted by Gasteiger charge is 2.34. The van der Waals surface area contributed by atoms with Crippen LogP contribution in [0.4, 0.5) is 19.1 Å². The van der Waals surface area contributed by atoms with E-state index in [4.69, 9.17) is 0 Å². The normalized spacial score (nSPS) is 22.4. The second-order valence-electron chi connectivity index (χ2n) is 6.96. The van der Waals surface area contributed by atoms with E-state index in [0.29, 0.717) is 19.6 Å². The lowest BCUT2D eigenvalue weighted by Crippen LogP contribution is -2.53. The van der Waals surface area contributed by atoms with Crippen LogP contribution in [0.15, 0.2) is 23.5 Å². The fourth-order valence-corrected chi connectivity index (χ4v) is 3.62. The van der Waals surface area contributed by atoms with Gasteiger partial charge in [0.15, 0.2) is 5.96 Å². The number of hydrogen-bond donors (Lipinski definition) is 1. The van der Waals surface area contributed by atoms with Gasteiger partial charge in [-0.1, -0.05) is 0 Å². The molecule has 2 aliphatic heterocycles. The van der Waals surface area contributed by atoms with Crippen LogP contribution in [0, 0.1) is 5.92 Å². The Morgan fingerprint density at radius 1 is 1.19 bits per heavy atom. The van der Waals surface area contributed by atoms with E-state index < -0.39 is 12.7 Å². The van der Waals surface area contributed by atoms with Crippen molar-refractivity contribution in [2.24, 2.45) is 10.9 Å². The number of nitrogens with one attached hydrogen (secondary N) is 1. The molecular formula is C17H26F3N7. The number of rotatable bonds is 4. The molecule has 150 valence electrons. The van der Waals surface area contributed by atoms with Crippen molar-refractivity contribution in [3.05, 3.63) is 18.5 Å². The van der Waals surface area contributed by atoms with E-state index in [1.807, 2.05) is 0 Å². The van der Waals surface area contributed by atoms with Crippen molar-refractivity contribution in [1.82, 2.24) is 25.1 Å². The van der Waals surface area contributed by atoms with Crippen molar-refractivity contribution < 1.29 is 13.2 Å². The molecule has 27 heavy (non-hydrogen) atoms.